The number of hydrogen-bond donors (Lipinski definition) is 3. The Hall–Kier alpha value is -1.49. The summed E-state index contributed by atoms with van der Waals surface area (Å²) in [5.74, 6) is 0.0534. The van der Waals surface area contributed by atoms with Gasteiger partial charge in [0.1, 0.15) is 6.29 Å². The van der Waals surface area contributed by atoms with Gasteiger partial charge in [-0.15, -0.1) is 0 Å². The summed E-state index contributed by atoms with van der Waals surface area (Å²) in [5, 5.41) is 31.4. The van der Waals surface area contributed by atoms with E-state index >= 15 is 0 Å². The first-order valence-corrected chi connectivity index (χ1v) is 13.0. The molecule has 0 radical (unpaired) electrons. The van der Waals surface area contributed by atoms with Crippen LogP contribution in [0.1, 0.15) is 106 Å². The SMILES string of the molecule is CC(C)=CCC/C(C)=C/C[C@@H](O)/C=C(\C)CC[C@@]1(C)[C@H](CCCO)/C(=C(\C)C=O)CC[C@]1(C)O. The number of aliphatic hydroxyl groups excluding tert-OH is 2. The molecule has 194 valence electrons. The third kappa shape index (κ3) is 8.94. The highest BCUT2D eigenvalue weighted by atomic mass is 16.3. The Labute approximate surface area is 208 Å². The van der Waals surface area contributed by atoms with E-state index in [1.165, 1.54) is 11.1 Å². The summed E-state index contributed by atoms with van der Waals surface area (Å²) in [6.07, 6.45) is 13.7. The molecule has 3 N–H and O–H groups in total. The monoisotopic (exact) mass is 474 g/mol. The van der Waals surface area contributed by atoms with Gasteiger partial charge in [0.05, 0.1) is 11.7 Å². The quantitative estimate of drug-likeness (QED) is 0.159. The lowest BCUT2D eigenvalue weighted by Crippen LogP contribution is -2.52. The summed E-state index contributed by atoms with van der Waals surface area (Å²) in [5.41, 5.74) is 4.37. The van der Waals surface area contributed by atoms with Gasteiger partial charge in [-0.1, -0.05) is 47.4 Å². The molecule has 0 aromatic rings. The molecule has 0 unspecified atom stereocenters. The Morgan fingerprint density at radius 3 is 2.35 bits per heavy atom. The summed E-state index contributed by atoms with van der Waals surface area (Å²) in [7, 11) is 0. The highest BCUT2D eigenvalue weighted by Gasteiger charge is 2.52. The predicted molar refractivity (Wildman–Crippen MR) is 143 cm³/mol. The Bertz CT molecular complexity index is 780. The van der Waals surface area contributed by atoms with E-state index in [9.17, 15) is 20.1 Å². The molecule has 0 aliphatic heterocycles. The lowest BCUT2D eigenvalue weighted by atomic mass is 9.54. The van der Waals surface area contributed by atoms with Gasteiger partial charge in [-0.25, -0.2) is 0 Å². The largest absolute Gasteiger partial charge is 0.396 e. The maximum Gasteiger partial charge on any atom is 0.145 e. The highest BCUT2D eigenvalue weighted by molar-refractivity contribution is 5.74. The lowest BCUT2D eigenvalue weighted by molar-refractivity contribution is -0.115. The first-order chi connectivity index (χ1) is 15.9. The van der Waals surface area contributed by atoms with Crippen LogP contribution in [-0.4, -0.2) is 39.9 Å². The normalized spacial score (nSPS) is 28.5. The summed E-state index contributed by atoms with van der Waals surface area (Å²) >= 11 is 0. The average molecular weight is 475 g/mol. The Kier molecular flexibility index (Phi) is 12.7. The zero-order chi connectivity index (χ0) is 25.9. The third-order valence-electron chi connectivity index (χ3n) is 7.95. The minimum absolute atomic E-state index is 0.0534. The molecule has 1 aliphatic carbocycles. The molecule has 0 spiro atoms. The molecule has 0 heterocycles. The van der Waals surface area contributed by atoms with Crippen LogP contribution in [0, 0.1) is 11.3 Å². The number of hydrogen-bond acceptors (Lipinski definition) is 4. The van der Waals surface area contributed by atoms with E-state index in [1.54, 1.807) is 0 Å². The van der Waals surface area contributed by atoms with Gasteiger partial charge >= 0.3 is 0 Å². The summed E-state index contributed by atoms with van der Waals surface area (Å²) in [6.45, 7) is 14.4. The molecule has 1 rings (SSSR count). The predicted octanol–water partition coefficient (Wildman–Crippen LogP) is 6.61. The lowest BCUT2D eigenvalue weighted by Gasteiger charge is -2.53. The van der Waals surface area contributed by atoms with Crippen LogP contribution in [0.4, 0.5) is 0 Å². The highest BCUT2D eigenvalue weighted by Crippen LogP contribution is 2.55. The second kappa shape index (κ2) is 14.2. The molecular weight excluding hydrogens is 424 g/mol. The van der Waals surface area contributed by atoms with Crippen molar-refractivity contribution < 1.29 is 20.1 Å². The molecule has 1 saturated carbocycles. The fourth-order valence-corrected chi connectivity index (χ4v) is 5.33. The van der Waals surface area contributed by atoms with Gasteiger partial charge in [-0.2, -0.15) is 0 Å². The van der Waals surface area contributed by atoms with E-state index < -0.39 is 17.1 Å². The molecule has 0 bridgehead atoms. The molecule has 0 saturated heterocycles. The van der Waals surface area contributed by atoms with E-state index in [2.05, 4.69) is 39.8 Å². The number of carbonyl (C=O) groups is 1. The van der Waals surface area contributed by atoms with Crippen molar-refractivity contribution in [3.63, 3.8) is 0 Å². The van der Waals surface area contributed by atoms with E-state index in [1.807, 2.05) is 26.8 Å². The van der Waals surface area contributed by atoms with Crippen LogP contribution in [0.25, 0.3) is 0 Å². The van der Waals surface area contributed by atoms with Gasteiger partial charge in [-0.05, 0) is 111 Å². The summed E-state index contributed by atoms with van der Waals surface area (Å²) in [4.78, 5) is 11.6. The van der Waals surface area contributed by atoms with Crippen molar-refractivity contribution in [3.8, 4) is 0 Å². The molecular formula is C30H50O4. The standard InChI is InChI=1S/C30H50O4/c1-22(2)10-8-11-23(3)13-14-26(33)20-24(4)15-17-29(6)28(12-9-19-31)27(25(5)21-32)16-18-30(29,7)34/h10,13,20-21,26,28,31,33-34H,8-9,11-12,14-19H2,1-7H3/b23-13+,24-20+,27-25+/t26-,28-,29+,30+/m1/s1. The molecule has 34 heavy (non-hydrogen) atoms. The Morgan fingerprint density at radius 1 is 1.09 bits per heavy atom. The van der Waals surface area contributed by atoms with Crippen molar-refractivity contribution in [1.29, 1.82) is 0 Å². The minimum Gasteiger partial charge on any atom is -0.396 e. The Morgan fingerprint density at radius 2 is 1.76 bits per heavy atom. The van der Waals surface area contributed by atoms with E-state index in [4.69, 9.17) is 0 Å². The topological polar surface area (TPSA) is 77.8 Å². The fraction of sp³-hybridized carbons (Fsp3) is 0.700. The van der Waals surface area contributed by atoms with Gasteiger partial charge in [0.2, 0.25) is 0 Å². The number of carbonyl (C=O) groups excluding carboxylic acids is 1. The van der Waals surface area contributed by atoms with Gasteiger partial charge < -0.3 is 15.3 Å². The fourth-order valence-electron chi connectivity index (χ4n) is 5.33. The number of allylic oxidation sites excluding steroid dienone is 6. The van der Waals surface area contributed by atoms with Crippen LogP contribution in [0.2, 0.25) is 0 Å². The number of aliphatic hydroxyl groups is 3. The zero-order valence-electron chi connectivity index (χ0n) is 22.8. The first-order valence-electron chi connectivity index (χ1n) is 13.0. The number of rotatable bonds is 13. The van der Waals surface area contributed by atoms with Crippen LogP contribution in [0.5, 0.6) is 0 Å². The number of aldehydes is 1. The second-order valence-electron chi connectivity index (χ2n) is 11.1. The van der Waals surface area contributed by atoms with Crippen LogP contribution in [-0.2, 0) is 4.79 Å². The van der Waals surface area contributed by atoms with Crippen LogP contribution < -0.4 is 0 Å². The van der Waals surface area contributed by atoms with Crippen molar-refractivity contribution in [2.75, 3.05) is 6.61 Å². The van der Waals surface area contributed by atoms with E-state index in [0.29, 0.717) is 19.3 Å². The van der Waals surface area contributed by atoms with Crippen LogP contribution in [0.3, 0.4) is 0 Å². The third-order valence-corrected chi connectivity index (χ3v) is 7.95. The first kappa shape index (κ1) is 30.5. The maximum atomic E-state index is 11.6. The van der Waals surface area contributed by atoms with Gasteiger partial charge in [0, 0.05) is 12.0 Å². The zero-order valence-corrected chi connectivity index (χ0v) is 22.8. The van der Waals surface area contributed by atoms with Crippen LogP contribution in [0.15, 0.2) is 46.1 Å². The van der Waals surface area contributed by atoms with Gasteiger partial charge in [0.25, 0.3) is 0 Å². The molecule has 4 atom stereocenters. The van der Waals surface area contributed by atoms with Crippen LogP contribution >= 0.6 is 0 Å². The Balaban J connectivity index is 2.93. The molecule has 0 aromatic heterocycles. The van der Waals surface area contributed by atoms with Crippen molar-refractivity contribution in [3.05, 3.63) is 46.1 Å². The summed E-state index contributed by atoms with van der Waals surface area (Å²) < 4.78 is 0. The maximum absolute atomic E-state index is 11.6. The molecule has 0 amide bonds. The van der Waals surface area contributed by atoms with Crippen molar-refractivity contribution in [2.24, 2.45) is 11.3 Å². The molecule has 4 nitrogen and oxygen atoms in total. The smallest absolute Gasteiger partial charge is 0.145 e. The second-order valence-corrected chi connectivity index (χ2v) is 11.1. The van der Waals surface area contributed by atoms with Gasteiger partial charge in [0.15, 0.2) is 0 Å². The van der Waals surface area contributed by atoms with Gasteiger partial charge in [-0.3, -0.25) is 4.79 Å². The van der Waals surface area contributed by atoms with E-state index in [0.717, 1.165) is 61.5 Å². The molecule has 4 heteroatoms. The molecule has 1 fully saturated rings. The average Bonchev–Trinajstić information content (AvgIpc) is 2.76. The summed E-state index contributed by atoms with van der Waals surface area (Å²) in [6, 6.07) is 0. The van der Waals surface area contributed by atoms with Crippen molar-refractivity contribution >= 4 is 6.29 Å². The van der Waals surface area contributed by atoms with E-state index in [-0.39, 0.29) is 12.5 Å². The molecule has 1 aliphatic rings. The van der Waals surface area contributed by atoms with Crippen molar-refractivity contribution in [2.45, 2.75) is 118 Å². The van der Waals surface area contributed by atoms with Crippen molar-refractivity contribution in [1.82, 2.24) is 0 Å². The minimum atomic E-state index is -0.857. The molecule has 0 aromatic carbocycles.